The second-order valence-corrected chi connectivity index (χ2v) is 8.53. The molecule has 0 bridgehead atoms. The lowest BCUT2D eigenvalue weighted by molar-refractivity contribution is -0.148. The number of benzene rings is 1. The molecule has 1 aromatic heterocycles. The van der Waals surface area contributed by atoms with E-state index >= 15 is 0 Å². The molecule has 1 aliphatic heterocycles. The number of aromatic hydroxyl groups is 1. The van der Waals surface area contributed by atoms with Gasteiger partial charge in [-0.15, -0.1) is 11.3 Å². The molecular formula is C21H26N2O5S. The number of carbonyl (C=O) groups excluding carboxylic acids is 1. The van der Waals surface area contributed by atoms with Gasteiger partial charge in [-0.2, -0.15) is 0 Å². The highest BCUT2D eigenvalue weighted by Gasteiger charge is 2.25. The minimum absolute atomic E-state index is 0.0710. The summed E-state index contributed by atoms with van der Waals surface area (Å²) in [6.45, 7) is 2.70. The van der Waals surface area contributed by atoms with Crippen molar-refractivity contribution in [2.45, 2.75) is 25.4 Å². The summed E-state index contributed by atoms with van der Waals surface area (Å²) in [4.78, 5) is 27.2. The Hall–Kier alpha value is -2.42. The number of piperidine rings is 1. The van der Waals surface area contributed by atoms with E-state index in [0.29, 0.717) is 24.6 Å². The molecule has 7 nitrogen and oxygen atoms in total. The lowest BCUT2D eigenvalue weighted by Gasteiger charge is -2.29. The SMILES string of the molecule is CN1CCC(COC(=O)C(NCc2ccc(C(=O)O)s2)c2cccc(O)c2)CC1. The number of carbonyl (C=O) groups is 2. The number of likely N-dealkylation sites (tertiary alicyclic amines) is 1. The molecule has 1 aromatic carbocycles. The Bertz CT molecular complexity index is 845. The third-order valence-electron chi connectivity index (χ3n) is 5.09. The Morgan fingerprint density at radius 2 is 2.03 bits per heavy atom. The zero-order chi connectivity index (χ0) is 20.8. The van der Waals surface area contributed by atoms with Crippen LogP contribution in [0.25, 0.3) is 0 Å². The van der Waals surface area contributed by atoms with Gasteiger partial charge in [0.1, 0.15) is 16.7 Å². The molecule has 3 rings (SSSR count). The Morgan fingerprint density at radius 3 is 2.69 bits per heavy atom. The van der Waals surface area contributed by atoms with Crippen LogP contribution in [0.15, 0.2) is 36.4 Å². The molecule has 0 amide bonds. The second kappa shape index (κ2) is 9.87. The number of thiophene rings is 1. The van der Waals surface area contributed by atoms with Crippen LogP contribution >= 0.6 is 11.3 Å². The summed E-state index contributed by atoms with van der Waals surface area (Å²) in [5, 5.41) is 22.0. The Kier molecular flexibility index (Phi) is 7.24. The highest BCUT2D eigenvalue weighted by Crippen LogP contribution is 2.23. The van der Waals surface area contributed by atoms with Crippen molar-refractivity contribution < 1.29 is 24.5 Å². The van der Waals surface area contributed by atoms with Crippen molar-refractivity contribution in [3.8, 4) is 5.75 Å². The van der Waals surface area contributed by atoms with Crippen LogP contribution in [0, 0.1) is 5.92 Å². The molecule has 1 atom stereocenters. The maximum atomic E-state index is 12.8. The van der Waals surface area contributed by atoms with E-state index in [9.17, 15) is 14.7 Å². The van der Waals surface area contributed by atoms with Gasteiger partial charge in [0.2, 0.25) is 0 Å². The fourth-order valence-corrected chi connectivity index (χ4v) is 4.14. The predicted molar refractivity (Wildman–Crippen MR) is 110 cm³/mol. The van der Waals surface area contributed by atoms with E-state index in [4.69, 9.17) is 9.84 Å². The fourth-order valence-electron chi connectivity index (χ4n) is 3.34. The van der Waals surface area contributed by atoms with E-state index < -0.39 is 18.0 Å². The minimum atomic E-state index is -0.969. The highest BCUT2D eigenvalue weighted by molar-refractivity contribution is 7.13. The number of hydrogen-bond donors (Lipinski definition) is 3. The molecule has 29 heavy (non-hydrogen) atoms. The van der Waals surface area contributed by atoms with Gasteiger partial charge in [0.25, 0.3) is 0 Å². The van der Waals surface area contributed by atoms with Crippen molar-refractivity contribution in [2.75, 3.05) is 26.7 Å². The van der Waals surface area contributed by atoms with Gasteiger partial charge >= 0.3 is 11.9 Å². The number of carboxylic acid groups (broad SMARTS) is 1. The number of carboxylic acids is 1. The molecule has 1 fully saturated rings. The van der Waals surface area contributed by atoms with Crippen LogP contribution in [0.5, 0.6) is 5.75 Å². The van der Waals surface area contributed by atoms with Gasteiger partial charge in [0.15, 0.2) is 0 Å². The van der Waals surface area contributed by atoms with Crippen LogP contribution in [0.1, 0.15) is 39.0 Å². The Balaban J connectivity index is 1.65. The first-order valence-electron chi connectivity index (χ1n) is 9.62. The smallest absolute Gasteiger partial charge is 0.345 e. The van der Waals surface area contributed by atoms with Gasteiger partial charge in [0.05, 0.1) is 6.61 Å². The third-order valence-corrected chi connectivity index (χ3v) is 6.16. The summed E-state index contributed by atoms with van der Waals surface area (Å²) >= 11 is 1.16. The fraction of sp³-hybridized carbons (Fsp3) is 0.429. The number of nitrogens with one attached hydrogen (secondary N) is 1. The first-order chi connectivity index (χ1) is 13.9. The summed E-state index contributed by atoms with van der Waals surface area (Å²) in [5.74, 6) is -0.940. The van der Waals surface area contributed by atoms with Crippen molar-refractivity contribution in [3.63, 3.8) is 0 Å². The summed E-state index contributed by atoms with van der Waals surface area (Å²) in [5.41, 5.74) is 0.605. The van der Waals surface area contributed by atoms with Gasteiger partial charge in [-0.05, 0) is 68.7 Å². The normalized spacial score (nSPS) is 16.4. The highest BCUT2D eigenvalue weighted by atomic mass is 32.1. The van der Waals surface area contributed by atoms with Gasteiger partial charge in [-0.1, -0.05) is 12.1 Å². The lowest BCUT2D eigenvalue weighted by Crippen LogP contribution is -2.34. The molecular weight excluding hydrogens is 392 g/mol. The number of phenolic OH excluding ortho intramolecular Hbond substituents is 1. The average Bonchev–Trinajstić information content (AvgIpc) is 3.17. The second-order valence-electron chi connectivity index (χ2n) is 7.36. The molecule has 1 saturated heterocycles. The molecule has 1 aliphatic rings. The van der Waals surface area contributed by atoms with Crippen LogP contribution < -0.4 is 5.32 Å². The van der Waals surface area contributed by atoms with E-state index in [1.54, 1.807) is 30.3 Å². The van der Waals surface area contributed by atoms with Crippen LogP contribution in [0.3, 0.4) is 0 Å². The van der Waals surface area contributed by atoms with Crippen LogP contribution in [0.2, 0.25) is 0 Å². The Morgan fingerprint density at radius 1 is 1.28 bits per heavy atom. The summed E-state index contributed by atoms with van der Waals surface area (Å²) in [6.07, 6.45) is 2.00. The average molecular weight is 419 g/mol. The first kappa shape index (κ1) is 21.3. The summed E-state index contributed by atoms with van der Waals surface area (Å²) in [6, 6.07) is 9.04. The molecule has 2 aromatic rings. The van der Waals surface area contributed by atoms with Gasteiger partial charge < -0.3 is 19.8 Å². The Labute approximate surface area is 173 Å². The van der Waals surface area contributed by atoms with E-state index in [2.05, 4.69) is 17.3 Å². The van der Waals surface area contributed by atoms with Gasteiger partial charge in [0, 0.05) is 11.4 Å². The number of phenols is 1. The largest absolute Gasteiger partial charge is 0.508 e. The maximum absolute atomic E-state index is 12.8. The molecule has 0 radical (unpaired) electrons. The molecule has 3 N–H and O–H groups in total. The van der Waals surface area contributed by atoms with Crippen molar-refractivity contribution in [1.29, 1.82) is 0 Å². The van der Waals surface area contributed by atoms with Crippen molar-refractivity contribution >= 4 is 23.3 Å². The number of ether oxygens (including phenoxy) is 1. The van der Waals surface area contributed by atoms with E-state index in [1.165, 1.54) is 6.07 Å². The molecule has 1 unspecified atom stereocenters. The van der Waals surface area contributed by atoms with Crippen LogP contribution in [-0.4, -0.2) is 53.8 Å². The zero-order valence-corrected chi connectivity index (χ0v) is 17.2. The lowest BCUT2D eigenvalue weighted by atomic mass is 9.98. The van der Waals surface area contributed by atoms with Crippen molar-refractivity contribution in [3.05, 3.63) is 51.7 Å². The molecule has 0 saturated carbocycles. The van der Waals surface area contributed by atoms with Crippen molar-refractivity contribution in [1.82, 2.24) is 10.2 Å². The summed E-state index contributed by atoms with van der Waals surface area (Å²) < 4.78 is 5.61. The molecule has 2 heterocycles. The zero-order valence-electron chi connectivity index (χ0n) is 16.3. The van der Waals surface area contributed by atoms with E-state index in [0.717, 1.165) is 42.1 Å². The predicted octanol–water partition coefficient (Wildman–Crippen LogP) is 2.87. The standard InChI is InChI=1S/C21H26N2O5S/c1-23-9-7-14(8-10-23)13-28-21(27)19(15-3-2-4-16(24)11-15)22-12-17-5-6-18(29-17)20(25)26/h2-6,11,14,19,22,24H,7-10,12-13H2,1H3,(H,25,26). The number of nitrogens with zero attached hydrogens (tertiary/aromatic N) is 1. The van der Waals surface area contributed by atoms with Crippen molar-refractivity contribution in [2.24, 2.45) is 5.92 Å². The summed E-state index contributed by atoms with van der Waals surface area (Å²) in [7, 11) is 2.09. The number of aromatic carboxylic acids is 1. The molecule has 0 aliphatic carbocycles. The number of rotatable bonds is 8. The topological polar surface area (TPSA) is 99.1 Å². The van der Waals surface area contributed by atoms with E-state index in [1.807, 2.05) is 0 Å². The number of esters is 1. The van der Waals surface area contributed by atoms with E-state index in [-0.39, 0.29) is 10.6 Å². The maximum Gasteiger partial charge on any atom is 0.345 e. The van der Waals surface area contributed by atoms with Gasteiger partial charge in [-0.25, -0.2) is 9.59 Å². The van der Waals surface area contributed by atoms with Gasteiger partial charge in [-0.3, -0.25) is 5.32 Å². The van der Waals surface area contributed by atoms with Crippen LogP contribution in [-0.2, 0) is 16.1 Å². The van der Waals surface area contributed by atoms with Crippen LogP contribution in [0.4, 0.5) is 0 Å². The minimum Gasteiger partial charge on any atom is -0.508 e. The molecule has 156 valence electrons. The third kappa shape index (κ3) is 6.03. The monoisotopic (exact) mass is 418 g/mol. The molecule has 0 spiro atoms. The number of hydrogen-bond acceptors (Lipinski definition) is 7. The quantitative estimate of drug-likeness (QED) is 0.567. The molecule has 8 heteroatoms. The first-order valence-corrected chi connectivity index (χ1v) is 10.4.